The maximum Gasteiger partial charge on any atom is 0.321 e. The number of ether oxygens (including phenoxy) is 2. The fraction of sp³-hybridized carbons (Fsp3) is 0.286. The van der Waals surface area contributed by atoms with E-state index in [1.807, 2.05) is 0 Å². The Morgan fingerprint density at radius 2 is 1.43 bits per heavy atom. The Morgan fingerprint density at radius 1 is 1.00 bits per heavy atom. The number of imide groups is 1. The average molecular weight is 291 g/mol. The molecule has 7 nitrogen and oxygen atoms in total. The summed E-state index contributed by atoms with van der Waals surface area (Å²) in [6, 6.07) is 6.29. The summed E-state index contributed by atoms with van der Waals surface area (Å²) >= 11 is 0. The molecule has 0 fully saturated rings. The van der Waals surface area contributed by atoms with E-state index in [-0.39, 0.29) is 11.1 Å². The summed E-state index contributed by atoms with van der Waals surface area (Å²) in [7, 11) is 2.22. The van der Waals surface area contributed by atoms with Crippen molar-refractivity contribution in [2.24, 2.45) is 5.92 Å². The van der Waals surface area contributed by atoms with Gasteiger partial charge in [-0.05, 0) is 12.1 Å². The van der Waals surface area contributed by atoms with E-state index < -0.39 is 36.2 Å². The summed E-state index contributed by atoms with van der Waals surface area (Å²) in [6.45, 7) is -0.411. The normalized spacial score (nSPS) is 13.4. The smallest absolute Gasteiger partial charge is 0.321 e. The van der Waals surface area contributed by atoms with E-state index in [1.54, 1.807) is 12.1 Å². The van der Waals surface area contributed by atoms with Gasteiger partial charge in [0.1, 0.15) is 0 Å². The van der Waals surface area contributed by atoms with Crippen molar-refractivity contribution < 1.29 is 28.7 Å². The number of carbonyl (C=O) groups is 4. The first-order chi connectivity index (χ1) is 10.0. The van der Waals surface area contributed by atoms with Crippen LogP contribution in [-0.4, -0.2) is 49.4 Å². The van der Waals surface area contributed by atoms with Crippen LogP contribution in [0, 0.1) is 5.92 Å². The zero-order valence-corrected chi connectivity index (χ0v) is 11.5. The van der Waals surface area contributed by atoms with Crippen molar-refractivity contribution in [1.82, 2.24) is 4.90 Å². The number of carbonyl (C=O) groups excluding carboxylic acids is 4. The Balaban J connectivity index is 2.27. The molecule has 1 aliphatic heterocycles. The second-order valence-corrected chi connectivity index (χ2v) is 4.37. The van der Waals surface area contributed by atoms with Crippen LogP contribution in [0.5, 0.6) is 0 Å². The Kier molecular flexibility index (Phi) is 4.02. The second kappa shape index (κ2) is 5.74. The fourth-order valence-electron chi connectivity index (χ4n) is 2.12. The summed E-state index contributed by atoms with van der Waals surface area (Å²) in [5, 5.41) is 0. The van der Waals surface area contributed by atoms with Crippen molar-refractivity contribution in [1.29, 1.82) is 0 Å². The van der Waals surface area contributed by atoms with E-state index >= 15 is 0 Å². The maximum absolute atomic E-state index is 12.2. The number of amides is 2. The molecular formula is C14H13NO6. The predicted molar refractivity (Wildman–Crippen MR) is 69.3 cm³/mol. The molecule has 0 bridgehead atoms. The van der Waals surface area contributed by atoms with E-state index in [0.717, 1.165) is 19.1 Å². The lowest BCUT2D eigenvalue weighted by molar-refractivity contribution is -0.158. The van der Waals surface area contributed by atoms with Crippen molar-refractivity contribution in [3.63, 3.8) is 0 Å². The Bertz CT molecular complexity index is 573. The zero-order valence-electron chi connectivity index (χ0n) is 11.5. The first-order valence-corrected chi connectivity index (χ1v) is 6.12. The van der Waals surface area contributed by atoms with Crippen LogP contribution in [0.2, 0.25) is 0 Å². The third-order valence-electron chi connectivity index (χ3n) is 3.21. The minimum atomic E-state index is -1.36. The van der Waals surface area contributed by atoms with Gasteiger partial charge in [0.05, 0.1) is 31.9 Å². The van der Waals surface area contributed by atoms with Crippen molar-refractivity contribution in [2.75, 3.05) is 20.8 Å². The van der Waals surface area contributed by atoms with Gasteiger partial charge in [0.25, 0.3) is 11.8 Å². The number of hydrogen-bond acceptors (Lipinski definition) is 6. The van der Waals surface area contributed by atoms with E-state index in [1.165, 1.54) is 12.1 Å². The monoisotopic (exact) mass is 291 g/mol. The van der Waals surface area contributed by atoms with Gasteiger partial charge >= 0.3 is 11.9 Å². The molecule has 0 atom stereocenters. The van der Waals surface area contributed by atoms with Crippen molar-refractivity contribution in [3.8, 4) is 0 Å². The molecular weight excluding hydrogens is 278 g/mol. The summed E-state index contributed by atoms with van der Waals surface area (Å²) in [5.41, 5.74) is 0.493. The highest BCUT2D eigenvalue weighted by Crippen LogP contribution is 2.23. The lowest BCUT2D eigenvalue weighted by Gasteiger charge is -2.18. The topological polar surface area (TPSA) is 90.0 Å². The summed E-state index contributed by atoms with van der Waals surface area (Å²) < 4.78 is 9.01. The minimum absolute atomic E-state index is 0.246. The van der Waals surface area contributed by atoms with Crippen LogP contribution in [0.1, 0.15) is 20.7 Å². The van der Waals surface area contributed by atoms with Gasteiger partial charge in [-0.1, -0.05) is 12.1 Å². The molecule has 0 N–H and O–H groups in total. The number of benzene rings is 1. The van der Waals surface area contributed by atoms with Gasteiger partial charge in [-0.3, -0.25) is 24.1 Å². The molecule has 0 saturated heterocycles. The van der Waals surface area contributed by atoms with Crippen LogP contribution >= 0.6 is 0 Å². The number of fused-ring (bicyclic) bond motifs is 1. The second-order valence-electron chi connectivity index (χ2n) is 4.37. The van der Waals surface area contributed by atoms with Gasteiger partial charge in [0, 0.05) is 0 Å². The molecule has 0 aromatic heterocycles. The standard InChI is InChI=1S/C14H13NO6/c1-20-13(18)10(14(19)21-2)7-15-11(16)8-5-3-4-6-9(8)12(15)17/h3-6,10H,7H2,1-2H3. The van der Waals surface area contributed by atoms with E-state index in [0.29, 0.717) is 0 Å². The molecule has 2 rings (SSSR count). The van der Waals surface area contributed by atoms with E-state index in [9.17, 15) is 19.2 Å². The Morgan fingerprint density at radius 3 is 1.81 bits per heavy atom. The van der Waals surface area contributed by atoms with Gasteiger partial charge in [0.2, 0.25) is 0 Å². The molecule has 1 aromatic carbocycles. The summed E-state index contributed by atoms with van der Waals surface area (Å²) in [6.07, 6.45) is 0. The number of hydrogen-bond donors (Lipinski definition) is 0. The van der Waals surface area contributed by atoms with Crippen molar-refractivity contribution >= 4 is 23.8 Å². The lowest BCUT2D eigenvalue weighted by Crippen LogP contribution is -2.41. The Labute approximate surface area is 120 Å². The SMILES string of the molecule is COC(=O)C(CN1C(=O)c2ccccc2C1=O)C(=O)OC. The maximum atomic E-state index is 12.2. The summed E-state index contributed by atoms with van der Waals surface area (Å²) in [5.74, 6) is -4.18. The van der Waals surface area contributed by atoms with Crippen molar-refractivity contribution in [2.45, 2.75) is 0 Å². The first kappa shape index (κ1) is 14.7. The van der Waals surface area contributed by atoms with Crippen LogP contribution in [0.4, 0.5) is 0 Å². The average Bonchev–Trinajstić information content (AvgIpc) is 2.76. The van der Waals surface area contributed by atoms with Crippen LogP contribution in [0.15, 0.2) is 24.3 Å². The van der Waals surface area contributed by atoms with Gasteiger partial charge in [-0.2, -0.15) is 0 Å². The number of nitrogens with zero attached hydrogens (tertiary/aromatic N) is 1. The summed E-state index contributed by atoms with van der Waals surface area (Å²) in [4.78, 5) is 48.4. The van der Waals surface area contributed by atoms with E-state index in [4.69, 9.17) is 0 Å². The largest absolute Gasteiger partial charge is 0.468 e. The van der Waals surface area contributed by atoms with Crippen LogP contribution < -0.4 is 0 Å². The van der Waals surface area contributed by atoms with Crippen LogP contribution in [-0.2, 0) is 19.1 Å². The predicted octanol–water partition coefficient (Wildman–Crippen LogP) is 0.245. The lowest BCUT2D eigenvalue weighted by atomic mass is 10.1. The molecule has 0 saturated carbocycles. The van der Waals surface area contributed by atoms with Crippen LogP contribution in [0.25, 0.3) is 0 Å². The third kappa shape index (κ3) is 2.49. The molecule has 0 radical (unpaired) electrons. The molecule has 7 heteroatoms. The Hall–Kier alpha value is -2.70. The van der Waals surface area contributed by atoms with Gasteiger partial charge < -0.3 is 9.47 Å². The van der Waals surface area contributed by atoms with Gasteiger partial charge in [-0.25, -0.2) is 0 Å². The first-order valence-electron chi connectivity index (χ1n) is 6.12. The quantitative estimate of drug-likeness (QED) is 0.448. The third-order valence-corrected chi connectivity index (χ3v) is 3.21. The van der Waals surface area contributed by atoms with Crippen molar-refractivity contribution in [3.05, 3.63) is 35.4 Å². The highest BCUT2D eigenvalue weighted by atomic mass is 16.5. The highest BCUT2D eigenvalue weighted by Gasteiger charge is 2.40. The number of methoxy groups -OCH3 is 2. The molecule has 0 spiro atoms. The molecule has 1 aromatic rings. The number of esters is 2. The highest BCUT2D eigenvalue weighted by molar-refractivity contribution is 6.21. The van der Waals surface area contributed by atoms with E-state index in [2.05, 4.69) is 9.47 Å². The molecule has 1 aliphatic rings. The van der Waals surface area contributed by atoms with Gasteiger partial charge in [0.15, 0.2) is 5.92 Å². The molecule has 21 heavy (non-hydrogen) atoms. The molecule has 0 unspecified atom stereocenters. The van der Waals surface area contributed by atoms with Gasteiger partial charge in [-0.15, -0.1) is 0 Å². The molecule has 110 valence electrons. The molecule has 1 heterocycles. The molecule has 0 aliphatic carbocycles. The minimum Gasteiger partial charge on any atom is -0.468 e. The zero-order chi connectivity index (χ0) is 15.6. The number of rotatable bonds is 4. The van der Waals surface area contributed by atoms with Crippen LogP contribution in [0.3, 0.4) is 0 Å². The fourth-order valence-corrected chi connectivity index (χ4v) is 2.12. The molecule has 2 amide bonds.